The fourth-order valence-electron chi connectivity index (χ4n) is 1.16. The molecule has 0 bridgehead atoms. The number of aliphatic hydroxyl groups is 1. The summed E-state index contributed by atoms with van der Waals surface area (Å²) in [6, 6.07) is 9.74. The van der Waals surface area contributed by atoms with E-state index in [0.717, 1.165) is 24.8 Å². The molecule has 1 aromatic carbocycles. The van der Waals surface area contributed by atoms with Gasteiger partial charge in [0.25, 0.3) is 0 Å². The molecule has 0 fully saturated rings. The number of unbranched alkanes of at least 4 members (excludes halogenated alkanes) is 1. The highest BCUT2D eigenvalue weighted by atomic mass is 16.3. The third-order valence-corrected chi connectivity index (χ3v) is 1.99. The first-order valence-corrected chi connectivity index (χ1v) is 5.07. The molecule has 0 heterocycles. The zero-order chi connectivity index (χ0) is 10.2. The minimum Gasteiger partial charge on any atom is -0.380 e. The van der Waals surface area contributed by atoms with Gasteiger partial charge in [-0.15, -0.1) is 0 Å². The molecule has 0 radical (unpaired) electrons. The van der Waals surface area contributed by atoms with E-state index in [0.29, 0.717) is 0 Å². The van der Waals surface area contributed by atoms with E-state index in [1.165, 1.54) is 0 Å². The molecular formula is C13H16O. The zero-order valence-corrected chi connectivity index (χ0v) is 8.53. The summed E-state index contributed by atoms with van der Waals surface area (Å²) in [6.07, 6.45) is 2.43. The van der Waals surface area contributed by atoms with Crippen molar-refractivity contribution in [3.63, 3.8) is 0 Å². The van der Waals surface area contributed by atoms with E-state index in [-0.39, 0.29) is 0 Å². The third-order valence-electron chi connectivity index (χ3n) is 1.99. The smallest absolute Gasteiger partial charge is 0.115 e. The summed E-state index contributed by atoms with van der Waals surface area (Å²) in [6.45, 7) is 2.11. The van der Waals surface area contributed by atoms with Crippen LogP contribution in [0, 0.1) is 11.8 Å². The minimum atomic E-state index is -0.477. The normalized spacial score (nSPS) is 11.6. The Balaban J connectivity index is 2.47. The third kappa shape index (κ3) is 4.11. The van der Waals surface area contributed by atoms with E-state index in [1.807, 2.05) is 30.3 Å². The molecule has 1 rings (SSSR count). The average molecular weight is 188 g/mol. The summed E-state index contributed by atoms with van der Waals surface area (Å²) in [5.74, 6) is 5.79. The molecule has 0 spiro atoms. The van der Waals surface area contributed by atoms with Gasteiger partial charge in [-0.25, -0.2) is 0 Å². The highest BCUT2D eigenvalue weighted by molar-refractivity contribution is 5.34. The average Bonchev–Trinajstić information content (AvgIpc) is 2.25. The SMILES string of the molecule is CCCC[C@H](O)C#Cc1ccccc1. The molecule has 0 unspecified atom stereocenters. The van der Waals surface area contributed by atoms with Gasteiger partial charge in [-0.1, -0.05) is 49.8 Å². The molecule has 0 aromatic heterocycles. The van der Waals surface area contributed by atoms with Gasteiger partial charge in [0, 0.05) is 5.56 Å². The first-order chi connectivity index (χ1) is 6.83. The van der Waals surface area contributed by atoms with E-state index < -0.39 is 6.10 Å². The largest absolute Gasteiger partial charge is 0.380 e. The Labute approximate surface area is 85.8 Å². The number of hydrogen-bond donors (Lipinski definition) is 1. The van der Waals surface area contributed by atoms with Crippen LogP contribution in [0.15, 0.2) is 30.3 Å². The van der Waals surface area contributed by atoms with Gasteiger partial charge in [0.05, 0.1) is 0 Å². The number of aliphatic hydroxyl groups excluding tert-OH is 1. The molecule has 14 heavy (non-hydrogen) atoms. The van der Waals surface area contributed by atoms with Gasteiger partial charge in [-0.05, 0) is 18.6 Å². The summed E-state index contributed by atoms with van der Waals surface area (Å²) in [5.41, 5.74) is 0.961. The summed E-state index contributed by atoms with van der Waals surface area (Å²) in [7, 11) is 0. The fourth-order valence-corrected chi connectivity index (χ4v) is 1.16. The summed E-state index contributed by atoms with van der Waals surface area (Å²) >= 11 is 0. The lowest BCUT2D eigenvalue weighted by molar-refractivity contribution is 0.218. The molecular weight excluding hydrogens is 172 g/mol. The van der Waals surface area contributed by atoms with Gasteiger partial charge >= 0.3 is 0 Å². The van der Waals surface area contributed by atoms with Crippen LogP contribution in [0.1, 0.15) is 31.7 Å². The maximum atomic E-state index is 9.47. The van der Waals surface area contributed by atoms with E-state index in [9.17, 15) is 5.11 Å². The second-order valence-electron chi connectivity index (χ2n) is 3.29. The fraction of sp³-hybridized carbons (Fsp3) is 0.385. The van der Waals surface area contributed by atoms with Crippen LogP contribution in [0.4, 0.5) is 0 Å². The maximum absolute atomic E-state index is 9.47. The van der Waals surface area contributed by atoms with Crippen molar-refractivity contribution in [2.24, 2.45) is 0 Å². The van der Waals surface area contributed by atoms with Crippen LogP contribution < -0.4 is 0 Å². The van der Waals surface area contributed by atoms with Crippen molar-refractivity contribution in [1.82, 2.24) is 0 Å². The Hall–Kier alpha value is -1.26. The molecule has 0 aliphatic carbocycles. The lowest BCUT2D eigenvalue weighted by Crippen LogP contribution is -2.01. The number of hydrogen-bond acceptors (Lipinski definition) is 1. The van der Waals surface area contributed by atoms with Crippen molar-refractivity contribution in [3.8, 4) is 11.8 Å². The van der Waals surface area contributed by atoms with Crippen LogP contribution >= 0.6 is 0 Å². The molecule has 0 saturated carbocycles. The summed E-state index contributed by atoms with van der Waals surface area (Å²) in [5, 5.41) is 9.47. The van der Waals surface area contributed by atoms with Gasteiger partial charge in [0.15, 0.2) is 0 Å². The molecule has 0 aliphatic rings. The molecule has 0 amide bonds. The van der Waals surface area contributed by atoms with Gasteiger partial charge in [-0.2, -0.15) is 0 Å². The predicted molar refractivity (Wildman–Crippen MR) is 58.9 cm³/mol. The summed E-state index contributed by atoms with van der Waals surface area (Å²) < 4.78 is 0. The predicted octanol–water partition coefficient (Wildman–Crippen LogP) is 2.59. The molecule has 1 N–H and O–H groups in total. The Morgan fingerprint density at radius 2 is 2.00 bits per heavy atom. The van der Waals surface area contributed by atoms with Crippen molar-refractivity contribution in [1.29, 1.82) is 0 Å². The second-order valence-corrected chi connectivity index (χ2v) is 3.29. The first kappa shape index (κ1) is 10.8. The first-order valence-electron chi connectivity index (χ1n) is 5.07. The van der Waals surface area contributed by atoms with E-state index >= 15 is 0 Å². The molecule has 74 valence electrons. The van der Waals surface area contributed by atoms with Crippen LogP contribution in [-0.4, -0.2) is 11.2 Å². The topological polar surface area (TPSA) is 20.2 Å². The van der Waals surface area contributed by atoms with Crippen LogP contribution in [0.5, 0.6) is 0 Å². The van der Waals surface area contributed by atoms with E-state index in [2.05, 4.69) is 18.8 Å². The van der Waals surface area contributed by atoms with E-state index in [4.69, 9.17) is 0 Å². The molecule has 0 aliphatic heterocycles. The molecule has 0 saturated heterocycles. The van der Waals surface area contributed by atoms with Crippen LogP contribution in [0.2, 0.25) is 0 Å². The van der Waals surface area contributed by atoms with Crippen LogP contribution in [0.3, 0.4) is 0 Å². The zero-order valence-electron chi connectivity index (χ0n) is 8.53. The standard InChI is InChI=1S/C13H16O/c1-2-3-9-13(14)11-10-12-7-5-4-6-8-12/h4-8,13-14H,2-3,9H2,1H3/t13-/m0/s1. The molecule has 1 heteroatoms. The molecule has 1 nitrogen and oxygen atoms in total. The molecule has 1 atom stereocenters. The minimum absolute atomic E-state index is 0.477. The van der Waals surface area contributed by atoms with Gasteiger partial charge < -0.3 is 5.11 Å². The van der Waals surface area contributed by atoms with Crippen molar-refractivity contribution >= 4 is 0 Å². The van der Waals surface area contributed by atoms with Crippen molar-refractivity contribution < 1.29 is 5.11 Å². The summed E-state index contributed by atoms with van der Waals surface area (Å²) in [4.78, 5) is 0. The van der Waals surface area contributed by atoms with Gasteiger partial charge in [-0.3, -0.25) is 0 Å². The quantitative estimate of drug-likeness (QED) is 0.723. The Morgan fingerprint density at radius 3 is 2.64 bits per heavy atom. The van der Waals surface area contributed by atoms with Crippen molar-refractivity contribution in [2.75, 3.05) is 0 Å². The van der Waals surface area contributed by atoms with Crippen molar-refractivity contribution in [2.45, 2.75) is 32.3 Å². The number of rotatable bonds is 3. The highest BCUT2D eigenvalue weighted by Crippen LogP contribution is 2.00. The second kappa shape index (κ2) is 6.23. The van der Waals surface area contributed by atoms with Crippen molar-refractivity contribution in [3.05, 3.63) is 35.9 Å². The Morgan fingerprint density at radius 1 is 1.29 bits per heavy atom. The maximum Gasteiger partial charge on any atom is 0.115 e. The van der Waals surface area contributed by atoms with E-state index in [1.54, 1.807) is 0 Å². The lowest BCUT2D eigenvalue weighted by Gasteiger charge is -1.99. The highest BCUT2D eigenvalue weighted by Gasteiger charge is 1.96. The van der Waals surface area contributed by atoms with Crippen LogP contribution in [-0.2, 0) is 0 Å². The lowest BCUT2D eigenvalue weighted by atomic mass is 10.1. The van der Waals surface area contributed by atoms with Crippen LogP contribution in [0.25, 0.3) is 0 Å². The monoisotopic (exact) mass is 188 g/mol. The Bertz CT molecular complexity index is 305. The molecule has 1 aromatic rings. The van der Waals surface area contributed by atoms with Gasteiger partial charge in [0.2, 0.25) is 0 Å². The van der Waals surface area contributed by atoms with Gasteiger partial charge in [0.1, 0.15) is 6.10 Å². The Kier molecular flexibility index (Phi) is 4.82. The number of benzene rings is 1.